The predicted molar refractivity (Wildman–Crippen MR) is 182 cm³/mol. The monoisotopic (exact) mass is 566 g/mol. The first kappa shape index (κ1) is 25.3. The van der Waals surface area contributed by atoms with Crippen molar-refractivity contribution in [1.82, 2.24) is 9.97 Å². The van der Waals surface area contributed by atoms with Crippen LogP contribution in [0.2, 0.25) is 0 Å². The Kier molecular flexibility index (Phi) is 6.36. The fraction of sp³-hybridized carbons (Fsp3) is 0. The zero-order valence-electron chi connectivity index (χ0n) is 23.3. The average molecular weight is 567 g/mol. The van der Waals surface area contributed by atoms with Crippen LogP contribution in [0.4, 0.5) is 0 Å². The SMILES string of the molecule is c1ccc(-c2ccc(-c3cc(-c4ccc(-c5cccc6c5sc5ccccc56)cc4)nc(-c4ccccc4)n3)cc2)cc1. The van der Waals surface area contributed by atoms with Gasteiger partial charge in [0.1, 0.15) is 0 Å². The summed E-state index contributed by atoms with van der Waals surface area (Å²) >= 11 is 1.86. The van der Waals surface area contributed by atoms with Crippen LogP contribution in [0.25, 0.3) is 76.3 Å². The molecule has 0 saturated carbocycles. The van der Waals surface area contributed by atoms with E-state index in [1.54, 1.807) is 0 Å². The highest BCUT2D eigenvalue weighted by molar-refractivity contribution is 7.26. The first-order valence-corrected chi connectivity index (χ1v) is 15.2. The highest BCUT2D eigenvalue weighted by Gasteiger charge is 2.13. The first-order valence-electron chi connectivity index (χ1n) is 14.4. The minimum Gasteiger partial charge on any atom is -0.228 e. The van der Waals surface area contributed by atoms with Gasteiger partial charge in [-0.3, -0.25) is 0 Å². The van der Waals surface area contributed by atoms with E-state index in [0.29, 0.717) is 0 Å². The Morgan fingerprint density at radius 2 is 0.884 bits per heavy atom. The van der Waals surface area contributed by atoms with Crippen molar-refractivity contribution in [1.29, 1.82) is 0 Å². The predicted octanol–water partition coefficient (Wildman–Crippen LogP) is 11.2. The van der Waals surface area contributed by atoms with Gasteiger partial charge in [-0.2, -0.15) is 0 Å². The lowest BCUT2D eigenvalue weighted by molar-refractivity contribution is 1.18. The molecule has 2 aromatic heterocycles. The van der Waals surface area contributed by atoms with Crippen molar-refractivity contribution >= 4 is 31.5 Å². The van der Waals surface area contributed by atoms with E-state index < -0.39 is 0 Å². The number of thiophene rings is 1. The van der Waals surface area contributed by atoms with Crippen LogP contribution in [-0.4, -0.2) is 9.97 Å². The molecule has 0 aliphatic rings. The Morgan fingerprint density at radius 1 is 0.372 bits per heavy atom. The molecule has 0 aliphatic heterocycles. The Bertz CT molecular complexity index is 2200. The van der Waals surface area contributed by atoms with Crippen molar-refractivity contribution in [3.05, 3.63) is 158 Å². The van der Waals surface area contributed by atoms with Crippen LogP contribution in [0, 0.1) is 0 Å². The van der Waals surface area contributed by atoms with Gasteiger partial charge in [0.2, 0.25) is 0 Å². The Hall–Kier alpha value is -5.38. The molecule has 0 saturated heterocycles. The Labute approximate surface area is 254 Å². The largest absolute Gasteiger partial charge is 0.228 e. The van der Waals surface area contributed by atoms with Crippen LogP contribution in [0.1, 0.15) is 0 Å². The van der Waals surface area contributed by atoms with E-state index in [-0.39, 0.29) is 0 Å². The van der Waals surface area contributed by atoms with Crippen LogP contribution in [0.15, 0.2) is 158 Å². The Balaban J connectivity index is 1.20. The molecule has 0 atom stereocenters. The molecule has 8 aromatic rings. The molecule has 6 aromatic carbocycles. The van der Waals surface area contributed by atoms with Gasteiger partial charge in [0.15, 0.2) is 5.82 Å². The van der Waals surface area contributed by atoms with E-state index in [2.05, 4.69) is 133 Å². The second kappa shape index (κ2) is 10.8. The van der Waals surface area contributed by atoms with Crippen LogP contribution in [0.3, 0.4) is 0 Å². The normalized spacial score (nSPS) is 11.3. The third-order valence-electron chi connectivity index (χ3n) is 7.94. The van der Waals surface area contributed by atoms with Crippen molar-refractivity contribution < 1.29 is 0 Å². The first-order chi connectivity index (χ1) is 21.3. The third kappa shape index (κ3) is 4.80. The summed E-state index contributed by atoms with van der Waals surface area (Å²) in [6.45, 7) is 0. The molecule has 202 valence electrons. The van der Waals surface area contributed by atoms with Crippen molar-refractivity contribution in [2.75, 3.05) is 0 Å². The summed E-state index contributed by atoms with van der Waals surface area (Å²) in [4.78, 5) is 10.0. The van der Waals surface area contributed by atoms with E-state index in [4.69, 9.17) is 9.97 Å². The van der Waals surface area contributed by atoms with Crippen molar-refractivity contribution in [3.8, 4) is 56.2 Å². The summed E-state index contributed by atoms with van der Waals surface area (Å²) in [5.74, 6) is 0.722. The van der Waals surface area contributed by atoms with Crippen molar-refractivity contribution in [2.24, 2.45) is 0 Å². The quantitative estimate of drug-likeness (QED) is 0.207. The Morgan fingerprint density at radius 3 is 1.56 bits per heavy atom. The van der Waals surface area contributed by atoms with E-state index in [9.17, 15) is 0 Å². The maximum absolute atomic E-state index is 5.04. The molecular weight excluding hydrogens is 541 g/mol. The zero-order valence-corrected chi connectivity index (χ0v) is 24.1. The fourth-order valence-corrected chi connectivity index (χ4v) is 6.96. The molecule has 0 radical (unpaired) electrons. The highest BCUT2D eigenvalue weighted by atomic mass is 32.1. The van der Waals surface area contributed by atoms with E-state index in [1.165, 1.54) is 42.4 Å². The molecule has 2 heterocycles. The molecule has 0 bridgehead atoms. The van der Waals surface area contributed by atoms with Gasteiger partial charge in [0.25, 0.3) is 0 Å². The molecule has 0 amide bonds. The summed E-state index contributed by atoms with van der Waals surface area (Å²) in [7, 11) is 0. The van der Waals surface area contributed by atoms with Crippen LogP contribution in [0.5, 0.6) is 0 Å². The second-order valence-corrected chi connectivity index (χ2v) is 11.7. The number of hydrogen-bond acceptors (Lipinski definition) is 3. The smallest absolute Gasteiger partial charge is 0.160 e. The molecular formula is C40H26N2S. The lowest BCUT2D eigenvalue weighted by Crippen LogP contribution is -1.96. The van der Waals surface area contributed by atoms with E-state index in [0.717, 1.165) is 33.9 Å². The molecule has 0 N–H and O–H groups in total. The molecule has 0 aliphatic carbocycles. The van der Waals surface area contributed by atoms with Crippen LogP contribution >= 0.6 is 11.3 Å². The van der Waals surface area contributed by atoms with Gasteiger partial charge in [0.05, 0.1) is 11.4 Å². The fourth-order valence-electron chi connectivity index (χ4n) is 5.72. The van der Waals surface area contributed by atoms with Crippen LogP contribution < -0.4 is 0 Å². The standard InChI is InChI=1S/C40H26N2S/c1-3-10-27(11-4-1)28-18-22-30(23-19-28)36-26-37(42-40(41-36)32-12-5-2-6-13-32)31-24-20-29(21-25-31)33-15-9-16-35-34-14-7-8-17-38(34)43-39(33)35/h1-26H. The zero-order chi connectivity index (χ0) is 28.6. The van der Waals surface area contributed by atoms with Gasteiger partial charge in [-0.05, 0) is 34.4 Å². The summed E-state index contributed by atoms with van der Waals surface area (Å²) in [5, 5.41) is 2.63. The maximum Gasteiger partial charge on any atom is 0.160 e. The lowest BCUT2D eigenvalue weighted by Gasteiger charge is -2.11. The molecule has 0 spiro atoms. The minimum absolute atomic E-state index is 0.722. The molecule has 0 fully saturated rings. The van der Waals surface area contributed by atoms with E-state index in [1.807, 2.05) is 35.6 Å². The summed E-state index contributed by atoms with van der Waals surface area (Å²) in [6.07, 6.45) is 0. The van der Waals surface area contributed by atoms with Crippen molar-refractivity contribution in [2.45, 2.75) is 0 Å². The van der Waals surface area contributed by atoms with Gasteiger partial charge < -0.3 is 0 Å². The average Bonchev–Trinajstić information content (AvgIpc) is 3.48. The number of nitrogens with zero attached hydrogens (tertiary/aromatic N) is 2. The number of aromatic nitrogens is 2. The van der Waals surface area contributed by atoms with Crippen molar-refractivity contribution in [3.63, 3.8) is 0 Å². The molecule has 3 heteroatoms. The molecule has 8 rings (SSSR count). The number of benzene rings is 6. The number of fused-ring (bicyclic) bond motifs is 3. The molecule has 43 heavy (non-hydrogen) atoms. The second-order valence-electron chi connectivity index (χ2n) is 10.6. The third-order valence-corrected chi connectivity index (χ3v) is 9.16. The van der Waals surface area contributed by atoms with Gasteiger partial charge in [-0.25, -0.2) is 9.97 Å². The maximum atomic E-state index is 5.04. The number of rotatable bonds is 5. The topological polar surface area (TPSA) is 25.8 Å². The van der Waals surface area contributed by atoms with Gasteiger partial charge in [-0.15, -0.1) is 11.3 Å². The highest BCUT2D eigenvalue weighted by Crippen LogP contribution is 2.40. The van der Waals surface area contributed by atoms with Gasteiger partial charge in [-0.1, -0.05) is 146 Å². The van der Waals surface area contributed by atoms with Gasteiger partial charge in [0, 0.05) is 36.9 Å². The summed E-state index contributed by atoms with van der Waals surface area (Å²) < 4.78 is 2.64. The van der Waals surface area contributed by atoms with Gasteiger partial charge >= 0.3 is 0 Å². The lowest BCUT2D eigenvalue weighted by atomic mass is 9.99. The summed E-state index contributed by atoms with van der Waals surface area (Å²) in [5.41, 5.74) is 9.79. The molecule has 0 unspecified atom stereocenters. The number of hydrogen-bond donors (Lipinski definition) is 0. The molecule has 2 nitrogen and oxygen atoms in total. The van der Waals surface area contributed by atoms with Crippen LogP contribution in [-0.2, 0) is 0 Å². The minimum atomic E-state index is 0.722. The summed E-state index contributed by atoms with van der Waals surface area (Å²) in [6, 6.07) is 55.5. The van der Waals surface area contributed by atoms with E-state index >= 15 is 0 Å².